The lowest BCUT2D eigenvalue weighted by Gasteiger charge is -2.36. The number of carbonyl (C=O) groups excluding carboxylic acids is 2. The smallest absolute Gasteiger partial charge is 0.253 e. The Bertz CT molecular complexity index is 1420. The molecule has 1 fully saturated rings. The molecule has 0 saturated carbocycles. The van der Waals surface area contributed by atoms with Crippen LogP contribution >= 0.6 is 11.6 Å². The number of hydrogen-bond donors (Lipinski definition) is 2. The Balaban J connectivity index is 1.24. The molecule has 0 spiro atoms. The highest BCUT2D eigenvalue weighted by atomic mass is 35.5. The van der Waals surface area contributed by atoms with Gasteiger partial charge in [0, 0.05) is 89.1 Å². The van der Waals surface area contributed by atoms with Crippen molar-refractivity contribution in [1.82, 2.24) is 20.2 Å². The molecule has 2 N–H and O–H groups in total. The first-order valence-corrected chi connectivity index (χ1v) is 11.6. The number of fused-ring (bicyclic) bond motifs is 2. The number of aromatic nitrogens is 2. The van der Waals surface area contributed by atoms with Gasteiger partial charge in [-0.1, -0.05) is 17.7 Å². The lowest BCUT2D eigenvalue weighted by Crippen LogP contribution is -2.48. The largest absolute Gasteiger partial charge is 0.368 e. The first kappa shape index (κ1) is 20.7. The summed E-state index contributed by atoms with van der Waals surface area (Å²) in [6.07, 6.45) is 3.58. The summed E-state index contributed by atoms with van der Waals surface area (Å²) in [7, 11) is 0. The molecule has 6 rings (SSSR count). The molecule has 7 nitrogen and oxygen atoms in total. The van der Waals surface area contributed by atoms with E-state index in [9.17, 15) is 9.59 Å². The number of nitrogens with one attached hydrogen (secondary N) is 2. The van der Waals surface area contributed by atoms with Crippen molar-refractivity contribution < 1.29 is 9.59 Å². The molecule has 2 amide bonds. The van der Waals surface area contributed by atoms with Crippen LogP contribution in [0.15, 0.2) is 60.9 Å². The third-order valence-electron chi connectivity index (χ3n) is 6.66. The van der Waals surface area contributed by atoms with Gasteiger partial charge in [0.15, 0.2) is 0 Å². The Morgan fingerprint density at radius 3 is 2.56 bits per heavy atom. The van der Waals surface area contributed by atoms with Gasteiger partial charge in [0.2, 0.25) is 0 Å². The SMILES string of the molecule is O=C1NCc2c(Cl)ccc(-c3cc4cc(C(=O)N5CCN(c6ccncc6)CC5)ccc4[nH]3)c21. The van der Waals surface area contributed by atoms with Crippen LogP contribution in [0.1, 0.15) is 26.3 Å². The van der Waals surface area contributed by atoms with Crippen LogP contribution in [-0.4, -0.2) is 52.9 Å². The van der Waals surface area contributed by atoms with Crippen LogP contribution in [0.3, 0.4) is 0 Å². The molecule has 0 unspecified atom stereocenters. The maximum absolute atomic E-state index is 13.2. The van der Waals surface area contributed by atoms with Crippen molar-refractivity contribution in [3.63, 3.8) is 0 Å². The Morgan fingerprint density at radius 2 is 1.76 bits per heavy atom. The summed E-state index contributed by atoms with van der Waals surface area (Å²) in [5, 5.41) is 4.37. The number of H-pyrrole nitrogens is 1. The van der Waals surface area contributed by atoms with Crippen LogP contribution in [0.2, 0.25) is 5.02 Å². The average molecular weight is 472 g/mol. The number of benzene rings is 2. The normalized spacial score (nSPS) is 15.5. The van der Waals surface area contributed by atoms with Crippen LogP contribution in [0, 0.1) is 0 Å². The van der Waals surface area contributed by atoms with Crippen LogP contribution < -0.4 is 10.2 Å². The predicted octanol–water partition coefficient (Wildman–Crippen LogP) is 4.09. The Morgan fingerprint density at radius 1 is 0.971 bits per heavy atom. The fraction of sp³-hybridized carbons (Fsp3) is 0.192. The van der Waals surface area contributed by atoms with E-state index in [4.69, 9.17) is 11.6 Å². The van der Waals surface area contributed by atoms with E-state index in [1.165, 1.54) is 0 Å². The molecule has 0 aliphatic carbocycles. The number of amides is 2. The zero-order chi connectivity index (χ0) is 23.2. The van der Waals surface area contributed by atoms with E-state index >= 15 is 0 Å². The molecule has 2 aromatic carbocycles. The summed E-state index contributed by atoms with van der Waals surface area (Å²) in [5.74, 6) is -0.0845. The highest BCUT2D eigenvalue weighted by Gasteiger charge is 2.26. The highest BCUT2D eigenvalue weighted by molar-refractivity contribution is 6.32. The van der Waals surface area contributed by atoms with Gasteiger partial charge in [-0.05, 0) is 42.5 Å². The molecule has 170 valence electrons. The minimum absolute atomic E-state index is 0.0331. The second-order valence-electron chi connectivity index (χ2n) is 8.60. The first-order valence-electron chi connectivity index (χ1n) is 11.3. The van der Waals surface area contributed by atoms with E-state index in [0.29, 0.717) is 35.8 Å². The first-order chi connectivity index (χ1) is 16.6. The fourth-order valence-corrected chi connectivity index (χ4v) is 5.08. The van der Waals surface area contributed by atoms with Crippen molar-refractivity contribution in [2.75, 3.05) is 31.1 Å². The Kier molecular flexibility index (Phi) is 4.99. The van der Waals surface area contributed by atoms with Crippen LogP contribution in [0.25, 0.3) is 22.2 Å². The summed E-state index contributed by atoms with van der Waals surface area (Å²) >= 11 is 6.30. The Hall–Kier alpha value is -3.84. The van der Waals surface area contributed by atoms with Gasteiger partial charge in [-0.3, -0.25) is 14.6 Å². The average Bonchev–Trinajstić information content (AvgIpc) is 3.48. The van der Waals surface area contributed by atoms with Gasteiger partial charge in [0.05, 0.1) is 5.56 Å². The molecule has 2 aromatic heterocycles. The third kappa shape index (κ3) is 3.49. The number of piperazine rings is 1. The van der Waals surface area contributed by atoms with Gasteiger partial charge in [-0.25, -0.2) is 0 Å². The molecule has 8 heteroatoms. The summed E-state index contributed by atoms with van der Waals surface area (Å²) in [4.78, 5) is 37.3. The van der Waals surface area contributed by atoms with Crippen molar-refractivity contribution in [1.29, 1.82) is 0 Å². The van der Waals surface area contributed by atoms with Gasteiger partial charge < -0.3 is 20.1 Å². The van der Waals surface area contributed by atoms with Crippen LogP contribution in [0.4, 0.5) is 5.69 Å². The molecule has 0 radical (unpaired) electrons. The number of carbonyl (C=O) groups is 2. The molecule has 4 aromatic rings. The molecule has 4 heterocycles. The fourth-order valence-electron chi connectivity index (χ4n) is 4.85. The van der Waals surface area contributed by atoms with E-state index < -0.39 is 0 Å². The monoisotopic (exact) mass is 471 g/mol. The van der Waals surface area contributed by atoms with E-state index in [0.717, 1.165) is 46.5 Å². The molecule has 1 saturated heterocycles. The zero-order valence-corrected chi connectivity index (χ0v) is 19.1. The van der Waals surface area contributed by atoms with Crippen molar-refractivity contribution in [3.8, 4) is 11.3 Å². The number of rotatable bonds is 3. The highest BCUT2D eigenvalue weighted by Crippen LogP contribution is 2.35. The summed E-state index contributed by atoms with van der Waals surface area (Å²) in [6.45, 7) is 3.35. The predicted molar refractivity (Wildman–Crippen MR) is 132 cm³/mol. The summed E-state index contributed by atoms with van der Waals surface area (Å²) in [5.41, 5.74) is 5.78. The van der Waals surface area contributed by atoms with Crippen molar-refractivity contribution in [2.24, 2.45) is 0 Å². The Labute approximate surface area is 201 Å². The molecular weight excluding hydrogens is 450 g/mol. The molecule has 0 bridgehead atoms. The van der Waals surface area contributed by atoms with E-state index in [1.54, 1.807) is 12.4 Å². The van der Waals surface area contributed by atoms with Gasteiger partial charge >= 0.3 is 0 Å². The molecular formula is C26H22ClN5O2. The van der Waals surface area contributed by atoms with E-state index in [2.05, 4.69) is 20.2 Å². The molecule has 0 atom stereocenters. The minimum atomic E-state index is -0.118. The second-order valence-corrected chi connectivity index (χ2v) is 9.01. The van der Waals surface area contributed by atoms with Gasteiger partial charge in [-0.15, -0.1) is 0 Å². The van der Waals surface area contributed by atoms with Gasteiger partial charge in [0.25, 0.3) is 11.8 Å². The maximum Gasteiger partial charge on any atom is 0.253 e. The molecule has 2 aliphatic heterocycles. The number of aromatic amines is 1. The molecule has 2 aliphatic rings. The summed E-state index contributed by atoms with van der Waals surface area (Å²) < 4.78 is 0. The summed E-state index contributed by atoms with van der Waals surface area (Å²) in [6, 6.07) is 15.4. The third-order valence-corrected chi connectivity index (χ3v) is 7.02. The van der Waals surface area contributed by atoms with Crippen molar-refractivity contribution in [3.05, 3.63) is 82.6 Å². The standard InChI is InChI=1S/C26H22ClN5O2/c27-21-3-2-19(24-20(21)15-29-25(24)33)23-14-17-13-16(1-4-22(17)30-23)26(34)32-11-9-31(10-12-32)18-5-7-28-8-6-18/h1-8,13-14,30H,9-12,15H2,(H,29,33). The lowest BCUT2D eigenvalue weighted by atomic mass is 10.0. The second kappa shape index (κ2) is 8.18. The number of halogens is 1. The number of nitrogens with zero attached hydrogens (tertiary/aromatic N) is 3. The minimum Gasteiger partial charge on any atom is -0.368 e. The van der Waals surface area contributed by atoms with Crippen molar-refractivity contribution >= 4 is 40.0 Å². The van der Waals surface area contributed by atoms with Crippen LogP contribution in [-0.2, 0) is 6.54 Å². The zero-order valence-electron chi connectivity index (χ0n) is 18.3. The quantitative estimate of drug-likeness (QED) is 0.471. The number of pyridine rings is 1. The van der Waals surface area contributed by atoms with Gasteiger partial charge in [0.1, 0.15) is 0 Å². The topological polar surface area (TPSA) is 81.3 Å². The lowest BCUT2D eigenvalue weighted by molar-refractivity contribution is 0.0746. The van der Waals surface area contributed by atoms with Crippen LogP contribution in [0.5, 0.6) is 0 Å². The molecule has 34 heavy (non-hydrogen) atoms. The van der Waals surface area contributed by atoms with Crippen molar-refractivity contribution in [2.45, 2.75) is 6.54 Å². The number of hydrogen-bond acceptors (Lipinski definition) is 4. The number of anilines is 1. The maximum atomic E-state index is 13.2. The van der Waals surface area contributed by atoms with E-state index in [1.807, 2.05) is 53.4 Å². The van der Waals surface area contributed by atoms with E-state index in [-0.39, 0.29) is 11.8 Å². The van der Waals surface area contributed by atoms with Gasteiger partial charge in [-0.2, -0.15) is 0 Å².